The largest absolute Gasteiger partial charge is 0.387 e. The number of carbonyl (C=O) groups excluding carboxylic acids is 1. The predicted molar refractivity (Wildman–Crippen MR) is 78.3 cm³/mol. The molecule has 1 unspecified atom stereocenters. The van der Waals surface area contributed by atoms with E-state index < -0.39 is 6.10 Å². The van der Waals surface area contributed by atoms with Crippen molar-refractivity contribution in [1.82, 2.24) is 20.3 Å². The van der Waals surface area contributed by atoms with Crippen LogP contribution in [-0.4, -0.2) is 26.0 Å². The molecule has 21 heavy (non-hydrogen) atoms. The molecule has 0 aliphatic carbocycles. The molecule has 1 atom stereocenters. The molecule has 0 aliphatic heterocycles. The van der Waals surface area contributed by atoms with Crippen molar-refractivity contribution < 1.29 is 9.90 Å². The fraction of sp³-hybridized carbons (Fsp3) is 0.400. The van der Waals surface area contributed by atoms with Gasteiger partial charge >= 0.3 is 0 Å². The van der Waals surface area contributed by atoms with E-state index in [1.165, 1.54) is 10.2 Å². The van der Waals surface area contributed by atoms with E-state index in [0.717, 1.165) is 5.56 Å². The van der Waals surface area contributed by atoms with Crippen molar-refractivity contribution in [2.24, 2.45) is 0 Å². The van der Waals surface area contributed by atoms with Crippen molar-refractivity contribution >= 4 is 5.91 Å². The second kappa shape index (κ2) is 6.99. The van der Waals surface area contributed by atoms with Crippen LogP contribution in [0.25, 0.3) is 0 Å². The number of aromatic nitrogens is 3. The van der Waals surface area contributed by atoms with E-state index in [-0.39, 0.29) is 12.5 Å². The Bertz CT molecular complexity index is 592. The van der Waals surface area contributed by atoms with Crippen LogP contribution in [0.3, 0.4) is 0 Å². The van der Waals surface area contributed by atoms with Gasteiger partial charge in [0.2, 0.25) is 5.91 Å². The van der Waals surface area contributed by atoms with Gasteiger partial charge in [0.05, 0.1) is 12.3 Å². The van der Waals surface area contributed by atoms with Gasteiger partial charge in [0.25, 0.3) is 0 Å². The number of hydrogen-bond donors (Lipinski definition) is 2. The zero-order chi connectivity index (χ0) is 15.2. The standard InChI is InChI=1S/C15H20N4O2/c1-3-14(20)13-9-19(18-17-13)10-15(21)16-8-12-6-4-11(2)5-7-12/h4-7,9,14,20H,3,8,10H2,1-2H3,(H,16,21). The average Bonchev–Trinajstić information content (AvgIpc) is 2.94. The number of aliphatic hydroxyl groups excluding tert-OH is 1. The monoisotopic (exact) mass is 288 g/mol. The van der Waals surface area contributed by atoms with Crippen LogP contribution in [0.2, 0.25) is 0 Å². The second-order valence-corrected chi connectivity index (χ2v) is 5.03. The van der Waals surface area contributed by atoms with Crippen LogP contribution in [0.1, 0.15) is 36.3 Å². The van der Waals surface area contributed by atoms with E-state index in [4.69, 9.17) is 0 Å². The quantitative estimate of drug-likeness (QED) is 0.840. The van der Waals surface area contributed by atoms with Gasteiger partial charge in [0, 0.05) is 6.54 Å². The van der Waals surface area contributed by atoms with Gasteiger partial charge in [-0.25, -0.2) is 4.68 Å². The Kier molecular flexibility index (Phi) is 5.05. The van der Waals surface area contributed by atoms with Gasteiger partial charge in [-0.1, -0.05) is 42.0 Å². The molecule has 112 valence electrons. The Labute approximate surface area is 123 Å². The molecule has 1 amide bonds. The molecule has 0 aliphatic rings. The molecule has 0 saturated heterocycles. The van der Waals surface area contributed by atoms with Gasteiger partial charge in [-0.2, -0.15) is 0 Å². The van der Waals surface area contributed by atoms with E-state index in [0.29, 0.717) is 18.7 Å². The summed E-state index contributed by atoms with van der Waals surface area (Å²) in [5, 5.41) is 20.2. The van der Waals surface area contributed by atoms with E-state index >= 15 is 0 Å². The van der Waals surface area contributed by atoms with Crippen LogP contribution in [0, 0.1) is 6.92 Å². The van der Waals surface area contributed by atoms with Crippen molar-refractivity contribution in [2.45, 2.75) is 39.5 Å². The van der Waals surface area contributed by atoms with E-state index in [1.807, 2.05) is 38.1 Å². The second-order valence-electron chi connectivity index (χ2n) is 5.03. The summed E-state index contributed by atoms with van der Waals surface area (Å²) in [5.74, 6) is -0.141. The predicted octanol–water partition coefficient (Wildman–Crippen LogP) is 1.35. The van der Waals surface area contributed by atoms with Gasteiger partial charge in [0.1, 0.15) is 12.2 Å². The topological polar surface area (TPSA) is 80.0 Å². The maximum absolute atomic E-state index is 11.8. The first-order valence-electron chi connectivity index (χ1n) is 6.99. The maximum atomic E-state index is 11.8. The molecule has 1 aromatic heterocycles. The minimum atomic E-state index is -0.630. The number of rotatable bonds is 6. The number of carbonyl (C=O) groups is 1. The number of aryl methyl sites for hydroxylation is 1. The van der Waals surface area contributed by atoms with Crippen LogP contribution < -0.4 is 5.32 Å². The Balaban J connectivity index is 1.84. The molecule has 0 radical (unpaired) electrons. The summed E-state index contributed by atoms with van der Waals surface area (Å²) in [5.41, 5.74) is 2.73. The zero-order valence-electron chi connectivity index (χ0n) is 12.3. The lowest BCUT2D eigenvalue weighted by Crippen LogP contribution is -2.27. The summed E-state index contributed by atoms with van der Waals surface area (Å²) in [6, 6.07) is 8.00. The fourth-order valence-corrected chi connectivity index (χ4v) is 1.86. The Hall–Kier alpha value is -2.21. The first-order valence-corrected chi connectivity index (χ1v) is 6.99. The average molecular weight is 288 g/mol. The molecule has 0 fully saturated rings. The van der Waals surface area contributed by atoms with Crippen molar-refractivity contribution in [1.29, 1.82) is 0 Å². The van der Waals surface area contributed by atoms with Crippen LogP contribution in [-0.2, 0) is 17.9 Å². The van der Waals surface area contributed by atoms with Crippen molar-refractivity contribution in [3.63, 3.8) is 0 Å². The summed E-state index contributed by atoms with van der Waals surface area (Å²) in [6.07, 6.45) is 1.53. The third kappa shape index (κ3) is 4.39. The number of nitrogens with one attached hydrogen (secondary N) is 1. The summed E-state index contributed by atoms with van der Waals surface area (Å²) in [6.45, 7) is 4.46. The smallest absolute Gasteiger partial charge is 0.242 e. The SMILES string of the molecule is CCC(O)c1cn(CC(=O)NCc2ccc(C)cc2)nn1. The van der Waals surface area contributed by atoms with Crippen LogP contribution in [0.4, 0.5) is 0 Å². The highest BCUT2D eigenvalue weighted by Crippen LogP contribution is 2.11. The lowest BCUT2D eigenvalue weighted by molar-refractivity contribution is -0.122. The van der Waals surface area contributed by atoms with Gasteiger partial charge in [-0.15, -0.1) is 5.10 Å². The summed E-state index contributed by atoms with van der Waals surface area (Å²) < 4.78 is 1.43. The first kappa shape index (κ1) is 15.2. The number of benzene rings is 1. The van der Waals surface area contributed by atoms with Gasteiger partial charge in [-0.3, -0.25) is 4.79 Å². The molecule has 6 nitrogen and oxygen atoms in total. The molecule has 0 bridgehead atoms. The molecule has 2 aromatic rings. The first-order chi connectivity index (χ1) is 10.1. The van der Waals surface area contributed by atoms with Crippen molar-refractivity contribution in [2.75, 3.05) is 0 Å². The molecule has 1 heterocycles. The van der Waals surface area contributed by atoms with Crippen LogP contribution in [0.5, 0.6) is 0 Å². The lowest BCUT2D eigenvalue weighted by Gasteiger charge is -2.05. The zero-order valence-corrected chi connectivity index (χ0v) is 12.3. The minimum absolute atomic E-state index is 0.0926. The minimum Gasteiger partial charge on any atom is -0.387 e. The lowest BCUT2D eigenvalue weighted by atomic mass is 10.1. The molecular weight excluding hydrogens is 268 g/mol. The normalized spacial score (nSPS) is 12.1. The maximum Gasteiger partial charge on any atom is 0.242 e. The van der Waals surface area contributed by atoms with Crippen molar-refractivity contribution in [3.05, 3.63) is 47.3 Å². The Morgan fingerprint density at radius 1 is 1.38 bits per heavy atom. The molecule has 1 aromatic carbocycles. The van der Waals surface area contributed by atoms with E-state index in [1.54, 1.807) is 6.20 Å². The van der Waals surface area contributed by atoms with E-state index in [2.05, 4.69) is 15.6 Å². The van der Waals surface area contributed by atoms with Crippen LogP contribution >= 0.6 is 0 Å². The number of amides is 1. The van der Waals surface area contributed by atoms with Gasteiger partial charge in [-0.05, 0) is 18.9 Å². The molecule has 0 spiro atoms. The van der Waals surface area contributed by atoms with Gasteiger partial charge < -0.3 is 10.4 Å². The third-order valence-electron chi connectivity index (χ3n) is 3.20. The summed E-state index contributed by atoms with van der Waals surface area (Å²) >= 11 is 0. The van der Waals surface area contributed by atoms with E-state index in [9.17, 15) is 9.90 Å². The highest BCUT2D eigenvalue weighted by molar-refractivity contribution is 5.75. The summed E-state index contributed by atoms with van der Waals surface area (Å²) in [7, 11) is 0. The van der Waals surface area contributed by atoms with Crippen LogP contribution in [0.15, 0.2) is 30.5 Å². The highest BCUT2D eigenvalue weighted by atomic mass is 16.3. The number of hydrogen-bond acceptors (Lipinski definition) is 4. The molecule has 0 saturated carbocycles. The number of nitrogens with zero attached hydrogens (tertiary/aromatic N) is 3. The Morgan fingerprint density at radius 3 is 2.76 bits per heavy atom. The molecule has 2 rings (SSSR count). The highest BCUT2D eigenvalue weighted by Gasteiger charge is 2.11. The third-order valence-corrected chi connectivity index (χ3v) is 3.20. The molecule has 2 N–H and O–H groups in total. The molecular formula is C15H20N4O2. The number of aliphatic hydroxyl groups is 1. The summed E-state index contributed by atoms with van der Waals surface area (Å²) in [4.78, 5) is 11.8. The molecule has 6 heteroatoms. The van der Waals surface area contributed by atoms with Gasteiger partial charge in [0.15, 0.2) is 0 Å². The van der Waals surface area contributed by atoms with Crippen molar-refractivity contribution in [3.8, 4) is 0 Å². The Morgan fingerprint density at radius 2 is 2.10 bits per heavy atom. The fourth-order valence-electron chi connectivity index (χ4n) is 1.86.